The van der Waals surface area contributed by atoms with Gasteiger partial charge in [0, 0.05) is 30.3 Å². The number of furan rings is 1. The minimum atomic E-state index is -1.04. The van der Waals surface area contributed by atoms with Crippen molar-refractivity contribution in [3.63, 3.8) is 0 Å². The molecule has 5 rings (SSSR count). The van der Waals surface area contributed by atoms with Gasteiger partial charge in [-0.15, -0.1) is 11.3 Å². The van der Waals surface area contributed by atoms with E-state index in [4.69, 9.17) is 9.15 Å². The number of aryl methyl sites for hydroxylation is 1. The molecule has 9 heteroatoms. The van der Waals surface area contributed by atoms with Crippen molar-refractivity contribution >= 4 is 44.4 Å². The fourth-order valence-electron chi connectivity index (χ4n) is 4.19. The molecule has 0 unspecified atom stereocenters. The highest BCUT2D eigenvalue weighted by atomic mass is 32.1. The number of pyridine rings is 1. The van der Waals surface area contributed by atoms with Crippen LogP contribution in [0.15, 0.2) is 40.9 Å². The molecule has 8 nitrogen and oxygen atoms in total. The van der Waals surface area contributed by atoms with E-state index in [1.165, 1.54) is 11.3 Å². The van der Waals surface area contributed by atoms with Gasteiger partial charge in [-0.05, 0) is 38.0 Å². The molecule has 1 saturated heterocycles. The molecule has 0 aliphatic carbocycles. The van der Waals surface area contributed by atoms with Crippen LogP contribution in [0.2, 0.25) is 0 Å². The number of carbonyl (C=O) groups is 2. The average Bonchev–Trinajstić information content (AvgIpc) is 3.48. The van der Waals surface area contributed by atoms with Crippen molar-refractivity contribution in [3.05, 3.63) is 52.7 Å². The first kappa shape index (κ1) is 20.5. The first-order chi connectivity index (χ1) is 15.5. The van der Waals surface area contributed by atoms with E-state index in [9.17, 15) is 19.8 Å². The summed E-state index contributed by atoms with van der Waals surface area (Å²) in [6.07, 6.45) is 3.30. The number of fused-ring (bicyclic) bond motifs is 2. The van der Waals surface area contributed by atoms with Crippen LogP contribution in [-0.4, -0.2) is 51.2 Å². The molecule has 1 aromatic carbocycles. The monoisotopic (exact) mass is 452 g/mol. The fraction of sp³-hybridized carbons (Fsp3) is 0.261. The van der Waals surface area contributed by atoms with E-state index in [0.717, 1.165) is 17.5 Å². The second-order valence-electron chi connectivity index (χ2n) is 7.71. The van der Waals surface area contributed by atoms with Crippen LogP contribution >= 0.6 is 11.3 Å². The molecule has 1 atom stereocenters. The Hall–Kier alpha value is -3.43. The predicted molar refractivity (Wildman–Crippen MR) is 119 cm³/mol. The Bertz CT molecular complexity index is 1360. The first-order valence-corrected chi connectivity index (χ1v) is 11.0. The Balaban J connectivity index is 1.47. The Morgan fingerprint density at radius 3 is 2.94 bits per heavy atom. The lowest BCUT2D eigenvalue weighted by Crippen LogP contribution is -2.37. The predicted octanol–water partition coefficient (Wildman–Crippen LogP) is 4.44. The van der Waals surface area contributed by atoms with Crippen molar-refractivity contribution in [2.24, 2.45) is 0 Å². The maximum Gasteiger partial charge on any atom is 0.339 e. The zero-order valence-corrected chi connectivity index (χ0v) is 18.0. The van der Waals surface area contributed by atoms with Gasteiger partial charge in [-0.25, -0.2) is 4.79 Å². The SMILES string of the molecule is Cc1oc2cc(Oc3ccnc4cc(C(=O)N5CCC[C@H]5CO)sc34)ccc2c1C(=O)O. The third-order valence-corrected chi connectivity index (χ3v) is 6.84. The molecule has 0 saturated carbocycles. The minimum absolute atomic E-state index is 0.0401. The second-order valence-corrected chi connectivity index (χ2v) is 8.76. The summed E-state index contributed by atoms with van der Waals surface area (Å²) in [6, 6.07) is 8.33. The minimum Gasteiger partial charge on any atom is -0.478 e. The van der Waals surface area contributed by atoms with Gasteiger partial charge in [-0.1, -0.05) is 0 Å². The molecule has 3 aromatic heterocycles. The summed E-state index contributed by atoms with van der Waals surface area (Å²) in [4.78, 5) is 31.1. The maximum absolute atomic E-state index is 13.0. The number of aliphatic hydroxyl groups is 1. The van der Waals surface area contributed by atoms with Gasteiger partial charge in [0.2, 0.25) is 0 Å². The number of aliphatic hydroxyl groups excluding tert-OH is 1. The molecular weight excluding hydrogens is 432 g/mol. The van der Waals surface area contributed by atoms with Gasteiger partial charge < -0.3 is 24.3 Å². The number of carboxylic acid groups (broad SMARTS) is 1. The number of likely N-dealkylation sites (tertiary alicyclic amines) is 1. The van der Waals surface area contributed by atoms with Gasteiger partial charge in [-0.2, -0.15) is 0 Å². The van der Waals surface area contributed by atoms with Gasteiger partial charge in [0.25, 0.3) is 5.91 Å². The van der Waals surface area contributed by atoms with Crippen LogP contribution < -0.4 is 4.74 Å². The summed E-state index contributed by atoms with van der Waals surface area (Å²) in [5, 5.41) is 19.4. The van der Waals surface area contributed by atoms with E-state index in [2.05, 4.69) is 4.98 Å². The standard InChI is InChI=1S/C23H20N2O6S/c1-12-20(23(28)29)15-5-4-14(9-18(15)30-12)31-17-6-7-24-16-10-19(32-21(16)17)22(27)25-8-2-3-13(25)11-26/h4-7,9-10,13,26H,2-3,8,11H2,1H3,(H,28,29)/t13-/m0/s1. The first-order valence-electron chi connectivity index (χ1n) is 10.2. The lowest BCUT2D eigenvalue weighted by atomic mass is 10.1. The number of carboxylic acids is 1. The number of thiophene rings is 1. The molecule has 1 aliphatic heterocycles. The molecule has 32 heavy (non-hydrogen) atoms. The van der Waals surface area contributed by atoms with Crippen LogP contribution in [0.1, 0.15) is 38.6 Å². The molecule has 1 aliphatic rings. The second kappa shape index (κ2) is 7.92. The maximum atomic E-state index is 13.0. The number of aromatic nitrogens is 1. The zero-order valence-electron chi connectivity index (χ0n) is 17.2. The van der Waals surface area contributed by atoms with Crippen molar-refractivity contribution in [2.45, 2.75) is 25.8 Å². The number of hydrogen-bond acceptors (Lipinski definition) is 7. The summed E-state index contributed by atoms with van der Waals surface area (Å²) in [5.74, 6) is 0.213. The number of rotatable bonds is 5. The van der Waals surface area contributed by atoms with Crippen LogP contribution in [0.5, 0.6) is 11.5 Å². The summed E-state index contributed by atoms with van der Waals surface area (Å²) in [6.45, 7) is 2.21. The Labute approximate surface area is 186 Å². The van der Waals surface area contributed by atoms with Crippen LogP contribution in [-0.2, 0) is 0 Å². The third kappa shape index (κ3) is 3.39. The molecule has 4 heterocycles. The number of amides is 1. The number of aromatic carboxylic acids is 1. The molecular formula is C23H20N2O6S. The molecule has 1 amide bonds. The number of nitrogens with zero attached hydrogens (tertiary/aromatic N) is 2. The highest BCUT2D eigenvalue weighted by Crippen LogP contribution is 2.37. The van der Waals surface area contributed by atoms with Crippen LogP contribution in [0.3, 0.4) is 0 Å². The van der Waals surface area contributed by atoms with Gasteiger partial charge in [0.15, 0.2) is 0 Å². The largest absolute Gasteiger partial charge is 0.478 e. The highest BCUT2D eigenvalue weighted by molar-refractivity contribution is 7.21. The van der Waals surface area contributed by atoms with Crippen molar-refractivity contribution in [1.82, 2.24) is 9.88 Å². The molecule has 4 aromatic rings. The molecule has 0 spiro atoms. The number of hydrogen-bond donors (Lipinski definition) is 2. The van der Waals surface area contributed by atoms with E-state index in [-0.39, 0.29) is 24.1 Å². The Morgan fingerprint density at radius 2 is 2.16 bits per heavy atom. The number of ether oxygens (including phenoxy) is 1. The van der Waals surface area contributed by atoms with E-state index in [1.807, 2.05) is 0 Å². The average molecular weight is 452 g/mol. The zero-order chi connectivity index (χ0) is 22.4. The van der Waals surface area contributed by atoms with E-state index in [0.29, 0.717) is 45.2 Å². The summed E-state index contributed by atoms with van der Waals surface area (Å²) < 4.78 is 12.4. The molecule has 1 fully saturated rings. The fourth-order valence-corrected chi connectivity index (χ4v) is 5.21. The topological polar surface area (TPSA) is 113 Å². The molecule has 2 N–H and O–H groups in total. The van der Waals surface area contributed by atoms with Crippen LogP contribution in [0, 0.1) is 6.92 Å². The van der Waals surface area contributed by atoms with Crippen LogP contribution in [0.4, 0.5) is 0 Å². The van der Waals surface area contributed by atoms with Gasteiger partial charge in [0.05, 0.1) is 27.7 Å². The van der Waals surface area contributed by atoms with E-state index < -0.39 is 5.97 Å². The normalized spacial score (nSPS) is 16.2. The van der Waals surface area contributed by atoms with Gasteiger partial charge in [0.1, 0.15) is 28.4 Å². The highest BCUT2D eigenvalue weighted by Gasteiger charge is 2.30. The van der Waals surface area contributed by atoms with Gasteiger partial charge in [-0.3, -0.25) is 9.78 Å². The summed E-state index contributed by atoms with van der Waals surface area (Å²) in [7, 11) is 0. The van der Waals surface area contributed by atoms with Gasteiger partial charge >= 0.3 is 5.97 Å². The molecule has 0 bridgehead atoms. The van der Waals surface area contributed by atoms with Crippen molar-refractivity contribution in [3.8, 4) is 11.5 Å². The number of carbonyl (C=O) groups excluding carboxylic acids is 1. The van der Waals surface area contributed by atoms with Crippen molar-refractivity contribution in [2.75, 3.05) is 13.2 Å². The summed E-state index contributed by atoms with van der Waals surface area (Å²) in [5.41, 5.74) is 1.22. The van der Waals surface area contributed by atoms with E-state index >= 15 is 0 Å². The van der Waals surface area contributed by atoms with Crippen LogP contribution in [0.25, 0.3) is 21.2 Å². The molecule has 164 valence electrons. The third-order valence-electron chi connectivity index (χ3n) is 5.71. The Kier molecular flexibility index (Phi) is 5.07. The lowest BCUT2D eigenvalue weighted by Gasteiger charge is -2.22. The molecule has 0 radical (unpaired) electrons. The summed E-state index contributed by atoms with van der Waals surface area (Å²) >= 11 is 1.30. The Morgan fingerprint density at radius 1 is 1.31 bits per heavy atom. The number of benzene rings is 1. The van der Waals surface area contributed by atoms with Crippen molar-refractivity contribution in [1.29, 1.82) is 0 Å². The lowest BCUT2D eigenvalue weighted by molar-refractivity contribution is 0.0679. The van der Waals surface area contributed by atoms with Crippen molar-refractivity contribution < 1.29 is 29.0 Å². The quantitative estimate of drug-likeness (QED) is 0.460. The van der Waals surface area contributed by atoms with E-state index in [1.54, 1.807) is 48.4 Å². The smallest absolute Gasteiger partial charge is 0.339 e.